The van der Waals surface area contributed by atoms with Crippen molar-refractivity contribution in [2.75, 3.05) is 33.2 Å². The number of thioether (sulfide) groups is 32. The summed E-state index contributed by atoms with van der Waals surface area (Å²) >= 11 is 64.2. The van der Waals surface area contributed by atoms with Gasteiger partial charge in [-0.1, -0.05) is 387 Å². The second-order valence-electron chi connectivity index (χ2n) is 21.0. The standard InChI is InChI=1S/C64H70S32/c1-7-11-15-19-29-65-47-48(66-30-20-16-12-8-2)88-61(87-47)63-93-56-57(94-63)82-42(81-56)25-23-39-69-33-45(77-39)71-35-73-51-52(80-41(79-51)27-28-44-85-54-55(86-44)92-60(91-54)53-75-37(5)38(6)76-53)74-36-72-46-34-70-40(78-46)24-26-43-83-58-59(84-43)96-64(95-58)62-89-49(67-31-21-17-13-9-3)50(90-62)68-32-22-18-14-10-4/h23-28,33-34H,7-22,29-32,35-36H2,1-6H3. The normalized spacial score (nSPS) is 22.2. The van der Waals surface area contributed by atoms with Crippen molar-refractivity contribution < 1.29 is 0 Å². The Morgan fingerprint density at radius 2 is 0.490 bits per heavy atom. The highest BCUT2D eigenvalue weighted by molar-refractivity contribution is 8.52. The third kappa shape index (κ3) is 25.0. The molecular weight excluding hydrogens is 1790 g/mol. The maximum atomic E-state index is 2.40. The van der Waals surface area contributed by atoms with E-state index in [2.05, 4.69) is 183 Å². The van der Waals surface area contributed by atoms with Gasteiger partial charge in [0.15, 0.2) is 0 Å². The Kier molecular flexibility index (Phi) is 37.7. The minimum Gasteiger partial charge on any atom is -0.117 e. The van der Waals surface area contributed by atoms with Crippen LogP contribution in [0.2, 0.25) is 0 Å². The van der Waals surface area contributed by atoms with E-state index in [-0.39, 0.29) is 0 Å². The molecule has 518 valence electrons. The monoisotopic (exact) mass is 1860 g/mol. The molecule has 0 fully saturated rings. The molecule has 12 rings (SSSR count). The summed E-state index contributed by atoms with van der Waals surface area (Å²) in [4.78, 5) is 2.89. The van der Waals surface area contributed by atoms with E-state index in [1.165, 1.54) is 229 Å². The average Bonchev–Trinajstić information content (AvgIpc) is 1.72. The third-order valence-electron chi connectivity index (χ3n) is 13.6. The molecule has 12 heterocycles. The van der Waals surface area contributed by atoms with Gasteiger partial charge in [0.2, 0.25) is 0 Å². The van der Waals surface area contributed by atoms with Gasteiger partial charge in [-0.15, -0.1) is 94.1 Å². The van der Waals surface area contributed by atoms with Gasteiger partial charge in [0.1, 0.15) is 0 Å². The molecule has 0 atom stereocenters. The van der Waals surface area contributed by atoms with E-state index in [0.717, 1.165) is 10.2 Å². The van der Waals surface area contributed by atoms with Crippen molar-refractivity contribution in [3.8, 4) is 0 Å². The fourth-order valence-electron chi connectivity index (χ4n) is 8.63. The summed E-state index contributed by atoms with van der Waals surface area (Å²) in [6, 6.07) is 0. The number of allylic oxidation sites excluding steroid dienone is 8. The zero-order valence-corrected chi connectivity index (χ0v) is 79.4. The van der Waals surface area contributed by atoms with Crippen molar-refractivity contribution in [1.29, 1.82) is 0 Å². The highest BCUT2D eigenvalue weighted by atomic mass is 32.3. The van der Waals surface area contributed by atoms with Gasteiger partial charge >= 0.3 is 0 Å². The van der Waals surface area contributed by atoms with Crippen LogP contribution in [0, 0.1) is 0 Å². The van der Waals surface area contributed by atoms with Crippen molar-refractivity contribution in [1.82, 2.24) is 0 Å². The molecule has 0 aromatic carbocycles. The largest absolute Gasteiger partial charge is 0.117 e. The van der Waals surface area contributed by atoms with E-state index in [0.29, 0.717) is 0 Å². The molecular formula is C64H70S32. The molecule has 0 saturated heterocycles. The summed E-state index contributed by atoms with van der Waals surface area (Å²) in [6.45, 7) is 13.8. The number of unbranched alkanes of at least 4 members (excludes halogenated alkanes) is 12. The molecule has 0 bridgehead atoms. The van der Waals surface area contributed by atoms with E-state index in [1.807, 2.05) is 282 Å². The molecule has 12 aliphatic rings. The first-order valence-corrected chi connectivity index (χ1v) is 59.0. The summed E-state index contributed by atoms with van der Waals surface area (Å²) in [5.41, 5.74) is 0. The van der Waals surface area contributed by atoms with E-state index in [9.17, 15) is 0 Å². The van der Waals surface area contributed by atoms with Gasteiger partial charge in [0.05, 0.1) is 102 Å². The lowest BCUT2D eigenvalue weighted by atomic mass is 10.2. The number of hydrogen-bond acceptors (Lipinski definition) is 32. The molecule has 0 aromatic rings. The van der Waals surface area contributed by atoms with Crippen LogP contribution in [-0.4, -0.2) is 33.2 Å². The second-order valence-corrected chi connectivity index (χ2v) is 61.9. The van der Waals surface area contributed by atoms with Crippen LogP contribution >= 0.6 is 376 Å². The topological polar surface area (TPSA) is 0 Å². The number of rotatable bonds is 35. The van der Waals surface area contributed by atoms with Gasteiger partial charge in [-0.2, -0.15) is 0 Å². The van der Waals surface area contributed by atoms with Crippen molar-refractivity contribution in [3.63, 3.8) is 0 Å². The first-order chi connectivity index (χ1) is 47.1. The molecule has 96 heavy (non-hydrogen) atoms. The van der Waals surface area contributed by atoms with Crippen LogP contribution in [0.5, 0.6) is 0 Å². The fraction of sp³-hybridized carbons (Fsp3) is 0.438. The van der Waals surface area contributed by atoms with E-state index >= 15 is 0 Å². The summed E-state index contributed by atoms with van der Waals surface area (Å²) in [6.07, 6.45) is 35.6. The zero-order valence-electron chi connectivity index (χ0n) is 53.2. The lowest BCUT2D eigenvalue weighted by Gasteiger charge is -2.06. The van der Waals surface area contributed by atoms with Crippen LogP contribution in [0.1, 0.15) is 144 Å². The van der Waals surface area contributed by atoms with E-state index in [4.69, 9.17) is 0 Å². The zero-order chi connectivity index (χ0) is 66.0. The summed E-state index contributed by atoms with van der Waals surface area (Å²) in [7, 11) is 0. The van der Waals surface area contributed by atoms with Gasteiger partial charge in [0, 0.05) is 18.6 Å². The van der Waals surface area contributed by atoms with Crippen molar-refractivity contribution >= 4 is 376 Å². The SMILES string of the molecule is CCCCCCSC1=C(SCCCCCC)SC(=C2SC3=C(SC(=CC=C4SC=C(SCSC5=C(SCSC6=CSC(=CC=C7SC8=C(S7)SC(=C7SC(SCCCCCC)=C(SCCCCCC)S7)S8)S6)SC(=CC=C6SC7=C(S6)SC(=C6SC(C)=C(C)S6)S7)S5)S4)S3)S2)S1. The van der Waals surface area contributed by atoms with Crippen LogP contribution in [0.4, 0.5) is 0 Å². The van der Waals surface area contributed by atoms with Gasteiger partial charge in [-0.3, -0.25) is 0 Å². The molecule has 0 saturated carbocycles. The Balaban J connectivity index is 0.603. The molecule has 0 radical (unpaired) electrons. The van der Waals surface area contributed by atoms with Crippen LogP contribution in [0.25, 0.3) is 0 Å². The second kappa shape index (κ2) is 44.1. The molecule has 0 unspecified atom stereocenters. The average molecular weight is 1870 g/mol. The Labute approximate surface area is 709 Å². The van der Waals surface area contributed by atoms with Gasteiger partial charge in [0.25, 0.3) is 0 Å². The van der Waals surface area contributed by atoms with E-state index in [1.54, 1.807) is 16.9 Å². The Bertz CT molecular complexity index is 3220. The minimum absolute atomic E-state index is 1.00. The van der Waals surface area contributed by atoms with Crippen molar-refractivity contribution in [2.45, 2.75) is 144 Å². The highest BCUT2D eigenvalue weighted by Gasteiger charge is 2.38. The predicted molar refractivity (Wildman–Crippen MR) is 515 cm³/mol. The third-order valence-corrected chi connectivity index (χ3v) is 58.7. The van der Waals surface area contributed by atoms with E-state index < -0.39 is 0 Å². The summed E-state index contributed by atoms with van der Waals surface area (Å²) in [5.74, 6) is 4.98. The first kappa shape index (κ1) is 82.0. The molecule has 0 aromatic heterocycles. The summed E-state index contributed by atoms with van der Waals surface area (Å²) < 4.78 is 38.1. The Morgan fingerprint density at radius 3 is 0.792 bits per heavy atom. The smallest absolute Gasteiger partial charge is 0.0718 e. The lowest BCUT2D eigenvalue weighted by Crippen LogP contribution is -1.83. The van der Waals surface area contributed by atoms with Crippen molar-refractivity contribution in [3.05, 3.63) is 167 Å². The highest BCUT2D eigenvalue weighted by Crippen LogP contribution is 2.74. The van der Waals surface area contributed by atoms with Gasteiger partial charge < -0.3 is 0 Å². The van der Waals surface area contributed by atoms with Crippen LogP contribution in [0.3, 0.4) is 0 Å². The maximum absolute atomic E-state index is 2.40. The molecule has 0 aliphatic carbocycles. The Morgan fingerprint density at radius 1 is 0.240 bits per heavy atom. The molecule has 12 aliphatic heterocycles. The summed E-state index contributed by atoms with van der Waals surface area (Å²) in [5, 5.41) is 6.76. The Hall–Kier alpha value is 6.52. The molecule has 0 N–H and O–H groups in total. The van der Waals surface area contributed by atoms with Gasteiger partial charge in [-0.25, -0.2) is 0 Å². The molecule has 32 heteroatoms. The molecule has 0 amide bonds. The van der Waals surface area contributed by atoms with Gasteiger partial charge in [-0.05, 0) is 120 Å². The predicted octanol–water partition coefficient (Wildman–Crippen LogP) is 36.9. The molecule has 0 nitrogen and oxygen atoms in total. The van der Waals surface area contributed by atoms with Crippen LogP contribution < -0.4 is 0 Å². The molecule has 0 spiro atoms. The minimum atomic E-state index is 1.00. The lowest BCUT2D eigenvalue weighted by molar-refractivity contribution is 0.707. The quantitative estimate of drug-likeness (QED) is 0.0436. The fourth-order valence-corrected chi connectivity index (χ4v) is 56.2. The van der Waals surface area contributed by atoms with Crippen molar-refractivity contribution in [2.24, 2.45) is 0 Å². The maximum Gasteiger partial charge on any atom is 0.0718 e. The number of hydrogen-bond donors (Lipinski definition) is 0. The first-order valence-electron chi connectivity index (χ1n) is 31.4. The van der Waals surface area contributed by atoms with Crippen LogP contribution in [0.15, 0.2) is 167 Å². The van der Waals surface area contributed by atoms with Crippen LogP contribution in [-0.2, 0) is 0 Å².